The van der Waals surface area contributed by atoms with Crippen molar-refractivity contribution in [2.45, 2.75) is 26.0 Å². The van der Waals surface area contributed by atoms with Gasteiger partial charge in [-0.15, -0.1) is 0 Å². The number of aliphatic hydroxyl groups is 1. The number of urea groups is 1. The molecule has 0 fully saturated rings. The summed E-state index contributed by atoms with van der Waals surface area (Å²) >= 11 is 0. The number of aromatic nitrogens is 2. The normalized spacial score (nSPS) is 15.5. The Kier molecular flexibility index (Phi) is 5.35. The van der Waals surface area contributed by atoms with Gasteiger partial charge in [-0.05, 0) is 24.5 Å². The number of β-amino-alcohol motifs (C(OH)–C–C–N with tert-alkyl or cyclic N) is 1. The zero-order valence-corrected chi connectivity index (χ0v) is 14.7. The highest BCUT2D eigenvalue weighted by Gasteiger charge is 2.18. The second-order valence-corrected chi connectivity index (χ2v) is 6.54. The van der Waals surface area contributed by atoms with E-state index < -0.39 is 6.10 Å². The number of aryl methyl sites for hydroxylation is 2. The van der Waals surface area contributed by atoms with Crippen molar-refractivity contribution in [3.05, 3.63) is 47.2 Å². The fourth-order valence-corrected chi connectivity index (χ4v) is 3.17. The average Bonchev–Trinajstić information content (AvgIpc) is 2.90. The van der Waals surface area contributed by atoms with Crippen LogP contribution in [0.5, 0.6) is 0 Å². The van der Waals surface area contributed by atoms with E-state index in [0.717, 1.165) is 25.2 Å². The summed E-state index contributed by atoms with van der Waals surface area (Å²) in [7, 11) is 1.77. The molecule has 1 aliphatic heterocycles. The first-order valence-electron chi connectivity index (χ1n) is 8.54. The molecule has 2 amide bonds. The summed E-state index contributed by atoms with van der Waals surface area (Å²) in [6.45, 7) is 4.38. The van der Waals surface area contributed by atoms with Crippen LogP contribution in [-0.2, 0) is 20.0 Å². The Bertz CT molecular complexity index is 743. The lowest BCUT2D eigenvalue weighted by molar-refractivity contribution is 0.106. The van der Waals surface area contributed by atoms with E-state index in [1.165, 1.54) is 11.1 Å². The predicted molar refractivity (Wildman–Crippen MR) is 96.4 cm³/mol. The molecule has 0 spiro atoms. The maximum Gasteiger partial charge on any atom is 0.320 e. The third kappa shape index (κ3) is 4.58. The van der Waals surface area contributed by atoms with Crippen LogP contribution in [0.2, 0.25) is 0 Å². The number of aliphatic hydroxyl groups excluding tert-OH is 1. The van der Waals surface area contributed by atoms with E-state index in [2.05, 4.69) is 38.8 Å². The average molecular weight is 343 g/mol. The van der Waals surface area contributed by atoms with Crippen LogP contribution in [-0.4, -0.2) is 51.6 Å². The van der Waals surface area contributed by atoms with Crippen LogP contribution in [0.1, 0.15) is 16.8 Å². The topological polar surface area (TPSA) is 82.4 Å². The molecule has 0 aliphatic carbocycles. The second-order valence-electron chi connectivity index (χ2n) is 6.54. The molecule has 3 N–H and O–H groups in total. The lowest BCUT2D eigenvalue weighted by Crippen LogP contribution is -2.43. The third-order valence-corrected chi connectivity index (χ3v) is 4.42. The highest BCUT2D eigenvalue weighted by molar-refractivity contribution is 5.88. The summed E-state index contributed by atoms with van der Waals surface area (Å²) < 4.78 is 1.61. The molecule has 7 heteroatoms. The van der Waals surface area contributed by atoms with Gasteiger partial charge in [-0.2, -0.15) is 5.10 Å². The summed E-state index contributed by atoms with van der Waals surface area (Å²) in [5.74, 6) is 0.622. The molecule has 2 aromatic rings. The quantitative estimate of drug-likeness (QED) is 0.764. The van der Waals surface area contributed by atoms with Gasteiger partial charge in [0.15, 0.2) is 0 Å². The minimum Gasteiger partial charge on any atom is -0.390 e. The Morgan fingerprint density at radius 2 is 2.12 bits per heavy atom. The van der Waals surface area contributed by atoms with Gasteiger partial charge < -0.3 is 10.4 Å². The molecule has 25 heavy (non-hydrogen) atoms. The van der Waals surface area contributed by atoms with Crippen molar-refractivity contribution in [2.24, 2.45) is 7.05 Å². The molecule has 0 unspecified atom stereocenters. The number of amides is 2. The number of nitrogens with zero attached hydrogens (tertiary/aromatic N) is 3. The van der Waals surface area contributed by atoms with Gasteiger partial charge in [0.1, 0.15) is 5.82 Å². The SMILES string of the molecule is Cc1cc(NC(=O)NC[C@H](O)CN2CCc3ccccc3C2)n(C)n1. The van der Waals surface area contributed by atoms with Crippen LogP contribution in [0, 0.1) is 6.92 Å². The fraction of sp³-hybridized carbons (Fsp3) is 0.444. The lowest BCUT2D eigenvalue weighted by Gasteiger charge is -2.30. The first-order chi connectivity index (χ1) is 12.0. The van der Waals surface area contributed by atoms with Crippen LogP contribution in [0.3, 0.4) is 0 Å². The molecule has 1 aromatic heterocycles. The number of carbonyl (C=O) groups is 1. The van der Waals surface area contributed by atoms with Gasteiger partial charge in [-0.25, -0.2) is 4.79 Å². The number of anilines is 1. The molecule has 3 rings (SSSR count). The fourth-order valence-electron chi connectivity index (χ4n) is 3.17. The molecule has 0 saturated carbocycles. The first-order valence-corrected chi connectivity index (χ1v) is 8.54. The van der Waals surface area contributed by atoms with E-state index in [1.54, 1.807) is 17.8 Å². The van der Waals surface area contributed by atoms with Crippen molar-refractivity contribution in [2.75, 3.05) is 25.0 Å². The highest BCUT2D eigenvalue weighted by Crippen LogP contribution is 2.18. The van der Waals surface area contributed by atoms with E-state index in [0.29, 0.717) is 12.4 Å². The summed E-state index contributed by atoms with van der Waals surface area (Å²) in [4.78, 5) is 14.2. The third-order valence-electron chi connectivity index (χ3n) is 4.42. The van der Waals surface area contributed by atoms with Crippen molar-refractivity contribution in [1.29, 1.82) is 0 Å². The molecule has 1 atom stereocenters. The molecule has 0 saturated heterocycles. The molecule has 1 aliphatic rings. The Labute approximate surface area is 147 Å². The van der Waals surface area contributed by atoms with E-state index in [4.69, 9.17) is 0 Å². The van der Waals surface area contributed by atoms with Crippen LogP contribution in [0.15, 0.2) is 30.3 Å². The zero-order chi connectivity index (χ0) is 17.8. The van der Waals surface area contributed by atoms with Gasteiger partial charge in [0.2, 0.25) is 0 Å². The Hall–Kier alpha value is -2.38. The first kappa shape index (κ1) is 17.4. The van der Waals surface area contributed by atoms with Crippen molar-refractivity contribution in [1.82, 2.24) is 20.0 Å². The number of carbonyl (C=O) groups excluding carboxylic acids is 1. The van der Waals surface area contributed by atoms with Gasteiger partial charge in [0.05, 0.1) is 11.8 Å². The summed E-state index contributed by atoms with van der Waals surface area (Å²) in [6, 6.07) is 9.86. The van der Waals surface area contributed by atoms with Gasteiger partial charge in [-0.1, -0.05) is 24.3 Å². The molecule has 7 nitrogen and oxygen atoms in total. The standard InChI is InChI=1S/C18H25N5O2/c1-13-9-17(22(2)21-13)20-18(25)19-10-16(24)12-23-8-7-14-5-3-4-6-15(14)11-23/h3-6,9,16,24H,7-8,10-12H2,1-2H3,(H2,19,20,25)/t16-/m0/s1. The van der Waals surface area contributed by atoms with Crippen LogP contribution >= 0.6 is 0 Å². The number of hydrogen-bond acceptors (Lipinski definition) is 4. The maximum atomic E-state index is 11.9. The predicted octanol–water partition coefficient (Wildman–Crippen LogP) is 1.27. The monoisotopic (exact) mass is 343 g/mol. The smallest absolute Gasteiger partial charge is 0.320 e. The van der Waals surface area contributed by atoms with Crippen LogP contribution < -0.4 is 10.6 Å². The minimum atomic E-state index is -0.607. The lowest BCUT2D eigenvalue weighted by atomic mass is 10.00. The molecule has 134 valence electrons. The Morgan fingerprint density at radius 1 is 1.36 bits per heavy atom. The summed E-state index contributed by atoms with van der Waals surface area (Å²) in [6.07, 6.45) is 0.390. The second kappa shape index (κ2) is 7.67. The molecule has 0 bridgehead atoms. The van der Waals surface area contributed by atoms with Gasteiger partial charge in [-0.3, -0.25) is 14.9 Å². The molecule has 2 heterocycles. The van der Waals surface area contributed by atoms with Gasteiger partial charge in [0.25, 0.3) is 0 Å². The molecule has 0 radical (unpaired) electrons. The van der Waals surface area contributed by atoms with Crippen LogP contribution in [0.4, 0.5) is 10.6 Å². The van der Waals surface area contributed by atoms with Crippen molar-refractivity contribution in [3.8, 4) is 0 Å². The van der Waals surface area contributed by atoms with Crippen LogP contribution in [0.25, 0.3) is 0 Å². The highest BCUT2D eigenvalue weighted by atomic mass is 16.3. The summed E-state index contributed by atoms with van der Waals surface area (Å²) in [5, 5.41) is 19.8. The summed E-state index contributed by atoms with van der Waals surface area (Å²) in [5.41, 5.74) is 3.54. The molecular weight excluding hydrogens is 318 g/mol. The van der Waals surface area contributed by atoms with Gasteiger partial charge in [0, 0.05) is 39.3 Å². The van der Waals surface area contributed by atoms with Crippen molar-refractivity contribution < 1.29 is 9.90 Å². The maximum absolute atomic E-state index is 11.9. The van der Waals surface area contributed by atoms with Crippen molar-refractivity contribution in [3.63, 3.8) is 0 Å². The number of fused-ring (bicyclic) bond motifs is 1. The number of rotatable bonds is 5. The number of hydrogen-bond donors (Lipinski definition) is 3. The minimum absolute atomic E-state index is 0.209. The van der Waals surface area contributed by atoms with Gasteiger partial charge >= 0.3 is 6.03 Å². The van der Waals surface area contributed by atoms with E-state index >= 15 is 0 Å². The van der Waals surface area contributed by atoms with E-state index in [9.17, 15) is 9.90 Å². The van der Waals surface area contributed by atoms with E-state index in [-0.39, 0.29) is 12.6 Å². The number of nitrogens with one attached hydrogen (secondary N) is 2. The number of benzene rings is 1. The largest absolute Gasteiger partial charge is 0.390 e. The molecule has 1 aromatic carbocycles. The Morgan fingerprint density at radius 3 is 2.84 bits per heavy atom. The van der Waals surface area contributed by atoms with Crippen molar-refractivity contribution >= 4 is 11.8 Å². The van der Waals surface area contributed by atoms with E-state index in [1.807, 2.05) is 13.0 Å². The Balaban J connectivity index is 1.43. The molecular formula is C18H25N5O2. The zero-order valence-electron chi connectivity index (χ0n) is 14.7.